The third-order valence-electron chi connectivity index (χ3n) is 5.59. The summed E-state index contributed by atoms with van der Waals surface area (Å²) in [6.07, 6.45) is 6.41. The van der Waals surface area contributed by atoms with Crippen molar-refractivity contribution in [2.45, 2.75) is 25.4 Å². The molecule has 0 aromatic heterocycles. The van der Waals surface area contributed by atoms with Crippen LogP contribution in [0.15, 0.2) is 78.9 Å². The number of carbonyl (C=O) groups excluding carboxylic acids is 3. The van der Waals surface area contributed by atoms with E-state index in [2.05, 4.69) is 11.2 Å². The quantitative estimate of drug-likeness (QED) is 0.614. The zero-order valence-electron chi connectivity index (χ0n) is 17.5. The number of fused-ring (bicyclic) bond motifs is 1. The SMILES string of the molecule is C#CC(=O)N(c1cccc2c1CCC2=O)C(C(=O)NCc1ccccc1)c1ccccc1. The first kappa shape index (κ1) is 21.1. The maximum absolute atomic E-state index is 13.5. The lowest BCUT2D eigenvalue weighted by molar-refractivity contribution is -0.125. The Morgan fingerprint density at radius 2 is 1.62 bits per heavy atom. The van der Waals surface area contributed by atoms with E-state index in [0.717, 1.165) is 11.1 Å². The molecule has 3 aromatic carbocycles. The minimum atomic E-state index is -0.981. The van der Waals surface area contributed by atoms with Gasteiger partial charge in [-0.3, -0.25) is 19.3 Å². The highest BCUT2D eigenvalue weighted by atomic mass is 16.2. The van der Waals surface area contributed by atoms with Crippen LogP contribution in [0.4, 0.5) is 5.69 Å². The van der Waals surface area contributed by atoms with Gasteiger partial charge in [0.25, 0.3) is 0 Å². The third kappa shape index (κ3) is 4.17. The fourth-order valence-electron chi connectivity index (χ4n) is 4.07. The molecular formula is C27H22N2O3. The molecule has 5 nitrogen and oxygen atoms in total. The van der Waals surface area contributed by atoms with Crippen molar-refractivity contribution in [3.05, 3.63) is 101 Å². The molecule has 2 amide bonds. The number of Topliss-reactive ketones (excluding diaryl/α,β-unsaturated/α-hetero) is 1. The van der Waals surface area contributed by atoms with Gasteiger partial charge in [-0.25, -0.2) is 0 Å². The molecule has 0 saturated carbocycles. The standard InChI is InChI=1S/C27H22N2O3/c1-2-25(31)29(23-15-9-14-22-21(23)16-17-24(22)30)26(20-12-7-4-8-13-20)27(32)28-18-19-10-5-3-6-11-19/h1,3-15,26H,16-18H2,(H,28,32). The summed E-state index contributed by atoms with van der Waals surface area (Å²) >= 11 is 0. The first-order valence-electron chi connectivity index (χ1n) is 10.4. The number of nitrogens with zero attached hydrogens (tertiary/aromatic N) is 1. The van der Waals surface area contributed by atoms with E-state index in [1.54, 1.807) is 30.3 Å². The van der Waals surface area contributed by atoms with Crippen molar-refractivity contribution in [2.24, 2.45) is 0 Å². The lowest BCUT2D eigenvalue weighted by Crippen LogP contribution is -2.43. The first-order chi connectivity index (χ1) is 15.6. The van der Waals surface area contributed by atoms with Crippen LogP contribution < -0.4 is 10.2 Å². The molecule has 0 heterocycles. The summed E-state index contributed by atoms with van der Waals surface area (Å²) in [6.45, 7) is 0.312. The van der Waals surface area contributed by atoms with Gasteiger partial charge in [-0.15, -0.1) is 6.42 Å². The fraction of sp³-hybridized carbons (Fsp3) is 0.148. The molecule has 5 heteroatoms. The smallest absolute Gasteiger partial charge is 0.303 e. The molecule has 158 valence electrons. The second-order valence-corrected chi connectivity index (χ2v) is 7.56. The molecule has 0 fully saturated rings. The fourth-order valence-corrected chi connectivity index (χ4v) is 4.07. The summed E-state index contributed by atoms with van der Waals surface area (Å²) in [5.74, 6) is 1.20. The van der Waals surface area contributed by atoms with Crippen LogP contribution >= 0.6 is 0 Å². The van der Waals surface area contributed by atoms with E-state index in [1.807, 2.05) is 48.5 Å². The second-order valence-electron chi connectivity index (χ2n) is 7.56. The van der Waals surface area contributed by atoms with Crippen LogP contribution in [0.25, 0.3) is 0 Å². The van der Waals surface area contributed by atoms with E-state index in [1.165, 1.54) is 4.90 Å². The van der Waals surface area contributed by atoms with Gasteiger partial charge >= 0.3 is 5.91 Å². The maximum Gasteiger partial charge on any atom is 0.303 e. The maximum atomic E-state index is 13.5. The monoisotopic (exact) mass is 422 g/mol. The molecule has 3 aromatic rings. The largest absolute Gasteiger partial charge is 0.350 e. The number of benzene rings is 3. The van der Waals surface area contributed by atoms with E-state index >= 15 is 0 Å². The summed E-state index contributed by atoms with van der Waals surface area (Å²) in [6, 6.07) is 22.8. The van der Waals surface area contributed by atoms with E-state index in [0.29, 0.717) is 36.2 Å². The van der Waals surface area contributed by atoms with Gasteiger partial charge in [0, 0.05) is 24.2 Å². The number of hydrogen-bond acceptors (Lipinski definition) is 3. The van der Waals surface area contributed by atoms with Gasteiger partial charge < -0.3 is 5.32 Å². The van der Waals surface area contributed by atoms with Crippen molar-refractivity contribution >= 4 is 23.3 Å². The molecule has 1 aliphatic rings. The number of ketones is 1. The minimum Gasteiger partial charge on any atom is -0.350 e. The lowest BCUT2D eigenvalue weighted by Gasteiger charge is -2.31. The first-order valence-corrected chi connectivity index (χ1v) is 10.4. The topological polar surface area (TPSA) is 66.5 Å². The van der Waals surface area contributed by atoms with E-state index in [-0.39, 0.29) is 11.7 Å². The molecule has 32 heavy (non-hydrogen) atoms. The van der Waals surface area contributed by atoms with Crippen molar-refractivity contribution in [3.63, 3.8) is 0 Å². The number of nitrogens with one attached hydrogen (secondary N) is 1. The minimum absolute atomic E-state index is 0.0275. The molecule has 0 saturated heterocycles. The third-order valence-corrected chi connectivity index (χ3v) is 5.59. The van der Waals surface area contributed by atoms with E-state index in [9.17, 15) is 14.4 Å². The molecule has 1 unspecified atom stereocenters. The molecule has 0 radical (unpaired) electrons. The molecule has 0 bridgehead atoms. The van der Waals surface area contributed by atoms with Crippen LogP contribution in [-0.4, -0.2) is 17.6 Å². The van der Waals surface area contributed by atoms with Gasteiger partial charge in [0.05, 0.1) is 0 Å². The summed E-state index contributed by atoms with van der Waals surface area (Å²) in [4.78, 5) is 40.1. The predicted molar refractivity (Wildman–Crippen MR) is 123 cm³/mol. The number of hydrogen-bond donors (Lipinski definition) is 1. The van der Waals surface area contributed by atoms with Crippen LogP contribution in [0, 0.1) is 12.3 Å². The number of carbonyl (C=O) groups is 3. The zero-order chi connectivity index (χ0) is 22.5. The molecule has 1 atom stereocenters. The van der Waals surface area contributed by atoms with Crippen LogP contribution in [0.1, 0.15) is 39.5 Å². The molecule has 4 rings (SSSR count). The van der Waals surface area contributed by atoms with Gasteiger partial charge in [0.2, 0.25) is 5.91 Å². The highest BCUT2D eigenvalue weighted by molar-refractivity contribution is 6.11. The van der Waals surface area contributed by atoms with Crippen molar-refractivity contribution in [1.82, 2.24) is 5.32 Å². The second kappa shape index (κ2) is 9.32. The number of amides is 2. The van der Waals surface area contributed by atoms with Crippen LogP contribution in [0.5, 0.6) is 0 Å². The van der Waals surface area contributed by atoms with E-state index in [4.69, 9.17) is 6.42 Å². The zero-order valence-corrected chi connectivity index (χ0v) is 17.5. The Balaban J connectivity index is 1.77. The Morgan fingerprint density at radius 3 is 2.31 bits per heavy atom. The predicted octanol–water partition coefficient (Wildman–Crippen LogP) is 3.84. The summed E-state index contributed by atoms with van der Waals surface area (Å²) in [5, 5.41) is 2.93. The van der Waals surface area contributed by atoms with Crippen molar-refractivity contribution in [1.29, 1.82) is 0 Å². The molecule has 1 aliphatic carbocycles. The summed E-state index contributed by atoms with van der Waals surface area (Å²) in [5.41, 5.74) is 3.39. The highest BCUT2D eigenvalue weighted by Gasteiger charge is 2.35. The summed E-state index contributed by atoms with van der Waals surface area (Å²) in [7, 11) is 0. The Bertz CT molecular complexity index is 1200. The van der Waals surface area contributed by atoms with Crippen LogP contribution in [0.3, 0.4) is 0 Å². The van der Waals surface area contributed by atoms with Crippen LogP contribution in [0.2, 0.25) is 0 Å². The van der Waals surface area contributed by atoms with Gasteiger partial charge in [0.1, 0.15) is 6.04 Å². The Kier molecular flexibility index (Phi) is 6.14. The van der Waals surface area contributed by atoms with Gasteiger partial charge in [-0.1, -0.05) is 72.8 Å². The number of rotatable bonds is 6. The average molecular weight is 422 g/mol. The normalized spacial score (nSPS) is 13.0. The van der Waals surface area contributed by atoms with Crippen molar-refractivity contribution in [2.75, 3.05) is 4.90 Å². The molecule has 1 N–H and O–H groups in total. The molecule has 0 spiro atoms. The van der Waals surface area contributed by atoms with Gasteiger partial charge in [-0.2, -0.15) is 0 Å². The lowest BCUT2D eigenvalue weighted by atomic mass is 10.00. The number of anilines is 1. The molecule has 0 aliphatic heterocycles. The Morgan fingerprint density at radius 1 is 0.938 bits per heavy atom. The van der Waals surface area contributed by atoms with Crippen molar-refractivity contribution in [3.8, 4) is 12.3 Å². The van der Waals surface area contributed by atoms with Crippen LogP contribution in [-0.2, 0) is 22.6 Å². The average Bonchev–Trinajstić information content (AvgIpc) is 3.23. The Hall–Kier alpha value is -4.17. The Labute approximate surface area is 187 Å². The molecular weight excluding hydrogens is 400 g/mol. The number of terminal acetylenes is 1. The van der Waals surface area contributed by atoms with Crippen molar-refractivity contribution < 1.29 is 14.4 Å². The van der Waals surface area contributed by atoms with Gasteiger partial charge in [0.15, 0.2) is 5.78 Å². The summed E-state index contributed by atoms with van der Waals surface area (Å²) < 4.78 is 0. The highest BCUT2D eigenvalue weighted by Crippen LogP contribution is 2.36. The van der Waals surface area contributed by atoms with E-state index < -0.39 is 11.9 Å². The van der Waals surface area contributed by atoms with Gasteiger partial charge in [-0.05, 0) is 35.1 Å².